The first kappa shape index (κ1) is 14.1. The van der Waals surface area contributed by atoms with Gasteiger partial charge in [0.05, 0.1) is 24.0 Å². The summed E-state index contributed by atoms with van der Waals surface area (Å²) in [7, 11) is 3.65. The molecule has 0 spiro atoms. The Morgan fingerprint density at radius 3 is 2.59 bits per heavy atom. The van der Waals surface area contributed by atoms with Gasteiger partial charge in [-0.05, 0) is 19.4 Å². The van der Waals surface area contributed by atoms with Gasteiger partial charge in [0.15, 0.2) is 0 Å². The van der Waals surface area contributed by atoms with Gasteiger partial charge in [-0.2, -0.15) is 0 Å². The minimum Gasteiger partial charge on any atom is -0.382 e. The lowest BCUT2D eigenvalue weighted by Crippen LogP contribution is -2.19. The van der Waals surface area contributed by atoms with Gasteiger partial charge < -0.3 is 10.1 Å². The second-order valence-electron chi connectivity index (χ2n) is 4.57. The van der Waals surface area contributed by atoms with Crippen LogP contribution in [0.5, 0.6) is 0 Å². The number of nitrogens with zero attached hydrogens (tertiary/aromatic N) is 3. The Balaban J connectivity index is 3.05. The SMILES string of the molecule is CCC(COC)n1nnc(CNC)c1C(C)C. The van der Waals surface area contributed by atoms with Crippen LogP contribution in [0.15, 0.2) is 0 Å². The number of methoxy groups -OCH3 is 1. The molecule has 17 heavy (non-hydrogen) atoms. The van der Waals surface area contributed by atoms with E-state index in [-0.39, 0.29) is 6.04 Å². The van der Waals surface area contributed by atoms with Crippen molar-refractivity contribution in [2.24, 2.45) is 0 Å². The van der Waals surface area contributed by atoms with Crippen LogP contribution >= 0.6 is 0 Å². The minimum atomic E-state index is 0.274. The van der Waals surface area contributed by atoms with E-state index in [4.69, 9.17) is 4.74 Å². The molecule has 0 aliphatic heterocycles. The fourth-order valence-corrected chi connectivity index (χ4v) is 2.05. The molecule has 1 N–H and O–H groups in total. The van der Waals surface area contributed by atoms with Crippen molar-refractivity contribution in [2.45, 2.75) is 45.7 Å². The zero-order valence-corrected chi connectivity index (χ0v) is 11.5. The lowest BCUT2D eigenvalue weighted by atomic mass is 10.1. The summed E-state index contributed by atoms with van der Waals surface area (Å²) in [5, 5.41) is 11.7. The fourth-order valence-electron chi connectivity index (χ4n) is 2.05. The molecule has 5 nitrogen and oxygen atoms in total. The molecule has 0 aliphatic rings. The average Bonchev–Trinajstić information content (AvgIpc) is 2.70. The van der Waals surface area contributed by atoms with Gasteiger partial charge in [0, 0.05) is 13.7 Å². The molecule has 0 radical (unpaired) electrons. The number of nitrogens with one attached hydrogen (secondary N) is 1. The van der Waals surface area contributed by atoms with E-state index in [9.17, 15) is 0 Å². The Morgan fingerprint density at radius 1 is 1.41 bits per heavy atom. The van der Waals surface area contributed by atoms with E-state index in [1.807, 2.05) is 11.7 Å². The lowest BCUT2D eigenvalue weighted by Gasteiger charge is -2.19. The molecule has 1 heterocycles. The predicted octanol–water partition coefficient (Wildman–Crippen LogP) is 1.72. The van der Waals surface area contributed by atoms with Crippen LogP contribution in [-0.4, -0.2) is 35.8 Å². The van der Waals surface area contributed by atoms with Crippen molar-refractivity contribution in [1.29, 1.82) is 0 Å². The zero-order chi connectivity index (χ0) is 12.8. The van der Waals surface area contributed by atoms with Gasteiger partial charge in [0.25, 0.3) is 0 Å². The van der Waals surface area contributed by atoms with Crippen molar-refractivity contribution in [3.63, 3.8) is 0 Å². The third kappa shape index (κ3) is 3.26. The minimum absolute atomic E-state index is 0.274. The van der Waals surface area contributed by atoms with Gasteiger partial charge in [0.2, 0.25) is 0 Å². The first-order valence-corrected chi connectivity index (χ1v) is 6.23. The molecule has 98 valence electrons. The maximum absolute atomic E-state index is 5.25. The van der Waals surface area contributed by atoms with E-state index in [1.165, 1.54) is 5.69 Å². The molecule has 0 saturated carbocycles. The predicted molar refractivity (Wildman–Crippen MR) is 68.1 cm³/mol. The number of ether oxygens (including phenoxy) is 1. The fraction of sp³-hybridized carbons (Fsp3) is 0.833. The van der Waals surface area contributed by atoms with E-state index in [0.29, 0.717) is 12.5 Å². The molecule has 1 unspecified atom stereocenters. The largest absolute Gasteiger partial charge is 0.382 e. The van der Waals surface area contributed by atoms with Crippen LogP contribution in [0.1, 0.15) is 50.5 Å². The second-order valence-corrected chi connectivity index (χ2v) is 4.57. The van der Waals surface area contributed by atoms with Gasteiger partial charge >= 0.3 is 0 Å². The van der Waals surface area contributed by atoms with E-state index in [2.05, 4.69) is 36.4 Å². The topological polar surface area (TPSA) is 52.0 Å². The molecule has 0 aliphatic carbocycles. The van der Waals surface area contributed by atoms with Crippen molar-refractivity contribution >= 4 is 0 Å². The smallest absolute Gasteiger partial charge is 0.0999 e. The average molecular weight is 240 g/mol. The molecule has 1 aromatic heterocycles. The summed E-state index contributed by atoms with van der Waals surface area (Å²) in [6, 6.07) is 0.274. The van der Waals surface area contributed by atoms with Crippen molar-refractivity contribution < 1.29 is 4.74 Å². The third-order valence-corrected chi connectivity index (χ3v) is 2.87. The quantitative estimate of drug-likeness (QED) is 0.788. The first-order chi connectivity index (χ1) is 8.15. The van der Waals surface area contributed by atoms with Crippen LogP contribution < -0.4 is 5.32 Å². The van der Waals surface area contributed by atoms with Gasteiger partial charge in [-0.1, -0.05) is 26.0 Å². The summed E-state index contributed by atoms with van der Waals surface area (Å²) in [4.78, 5) is 0. The summed E-state index contributed by atoms with van der Waals surface area (Å²) in [6.45, 7) is 7.93. The highest BCUT2D eigenvalue weighted by molar-refractivity contribution is 5.15. The van der Waals surface area contributed by atoms with Gasteiger partial charge in [-0.15, -0.1) is 5.10 Å². The van der Waals surface area contributed by atoms with Crippen LogP contribution in [0.25, 0.3) is 0 Å². The molecule has 0 fully saturated rings. The maximum atomic E-state index is 5.25. The van der Waals surface area contributed by atoms with Gasteiger partial charge in [-0.25, -0.2) is 4.68 Å². The highest BCUT2D eigenvalue weighted by atomic mass is 16.5. The Morgan fingerprint density at radius 2 is 2.12 bits per heavy atom. The maximum Gasteiger partial charge on any atom is 0.0999 e. The molecule has 1 aromatic rings. The molecule has 5 heteroatoms. The van der Waals surface area contributed by atoms with E-state index in [0.717, 1.165) is 18.7 Å². The summed E-state index contributed by atoms with van der Waals surface area (Å²) < 4.78 is 7.28. The summed E-state index contributed by atoms with van der Waals surface area (Å²) in [5.74, 6) is 0.416. The zero-order valence-electron chi connectivity index (χ0n) is 11.5. The van der Waals surface area contributed by atoms with Crippen LogP contribution in [0.4, 0.5) is 0 Å². The van der Waals surface area contributed by atoms with Gasteiger partial charge in [-0.3, -0.25) is 0 Å². The highest BCUT2D eigenvalue weighted by Gasteiger charge is 2.20. The van der Waals surface area contributed by atoms with Crippen LogP contribution in [0.3, 0.4) is 0 Å². The highest BCUT2D eigenvalue weighted by Crippen LogP contribution is 2.22. The van der Waals surface area contributed by atoms with Crippen LogP contribution in [0, 0.1) is 0 Å². The van der Waals surface area contributed by atoms with E-state index < -0.39 is 0 Å². The van der Waals surface area contributed by atoms with Crippen molar-refractivity contribution in [2.75, 3.05) is 20.8 Å². The Labute approximate surface area is 104 Å². The third-order valence-electron chi connectivity index (χ3n) is 2.87. The van der Waals surface area contributed by atoms with Crippen LogP contribution in [-0.2, 0) is 11.3 Å². The second kappa shape index (κ2) is 6.71. The lowest BCUT2D eigenvalue weighted by molar-refractivity contribution is 0.144. The number of hydrogen-bond acceptors (Lipinski definition) is 4. The Kier molecular flexibility index (Phi) is 5.58. The molecular weight excluding hydrogens is 216 g/mol. The van der Waals surface area contributed by atoms with Gasteiger partial charge in [0.1, 0.15) is 0 Å². The summed E-state index contributed by atoms with van der Waals surface area (Å²) in [5.41, 5.74) is 2.25. The Bertz CT molecular complexity index is 335. The van der Waals surface area contributed by atoms with Crippen molar-refractivity contribution in [3.05, 3.63) is 11.4 Å². The molecular formula is C12H24N4O. The summed E-state index contributed by atoms with van der Waals surface area (Å²) >= 11 is 0. The van der Waals surface area contributed by atoms with Crippen LogP contribution in [0.2, 0.25) is 0 Å². The molecule has 0 bridgehead atoms. The normalized spacial score (nSPS) is 13.3. The summed E-state index contributed by atoms with van der Waals surface area (Å²) in [6.07, 6.45) is 0.996. The molecule has 0 saturated heterocycles. The van der Waals surface area contributed by atoms with Crippen molar-refractivity contribution in [1.82, 2.24) is 20.3 Å². The number of aromatic nitrogens is 3. The van der Waals surface area contributed by atoms with E-state index in [1.54, 1.807) is 7.11 Å². The number of rotatable bonds is 7. The standard InChI is InChI=1S/C12H24N4O/c1-6-10(8-17-5)16-12(9(2)3)11(7-13-4)14-15-16/h9-10,13H,6-8H2,1-5H3. The Hall–Kier alpha value is -0.940. The monoisotopic (exact) mass is 240 g/mol. The molecule has 0 amide bonds. The van der Waals surface area contributed by atoms with E-state index >= 15 is 0 Å². The molecule has 1 rings (SSSR count). The molecule has 1 atom stereocenters. The first-order valence-electron chi connectivity index (χ1n) is 6.23. The number of hydrogen-bond donors (Lipinski definition) is 1. The van der Waals surface area contributed by atoms with Crippen molar-refractivity contribution in [3.8, 4) is 0 Å². The molecule has 0 aromatic carbocycles.